The molecule has 5 nitrogen and oxygen atoms in total. The molecule has 0 amide bonds. The minimum absolute atomic E-state index is 0.117. The summed E-state index contributed by atoms with van der Waals surface area (Å²) in [6.45, 7) is 1.65. The van der Waals surface area contributed by atoms with Crippen molar-refractivity contribution in [2.75, 3.05) is 0 Å². The summed E-state index contributed by atoms with van der Waals surface area (Å²) in [5.41, 5.74) is 0.782. The maximum atomic E-state index is 11.2. The number of carboxylic acids is 1. The van der Waals surface area contributed by atoms with E-state index in [1.807, 2.05) is 24.3 Å². The van der Waals surface area contributed by atoms with Gasteiger partial charge in [0, 0.05) is 11.4 Å². The third-order valence-electron chi connectivity index (χ3n) is 2.08. The molecule has 0 atom stereocenters. The lowest BCUT2D eigenvalue weighted by molar-refractivity contribution is -0.131. The number of halogens is 1. The lowest BCUT2D eigenvalue weighted by Crippen LogP contribution is -1.96. The second-order valence-electron chi connectivity index (χ2n) is 3.55. The molecule has 0 unspecified atom stereocenters. The number of thioether (sulfide) groups is 1. The first-order valence-electron chi connectivity index (χ1n) is 5.23. The van der Waals surface area contributed by atoms with Crippen molar-refractivity contribution in [3.63, 3.8) is 0 Å². The summed E-state index contributed by atoms with van der Waals surface area (Å²) >= 11 is 4.25. The first-order chi connectivity index (χ1) is 9.04. The zero-order valence-corrected chi connectivity index (χ0v) is 12.2. The van der Waals surface area contributed by atoms with Crippen molar-refractivity contribution >= 4 is 39.7 Å². The molecular formula is C12H9BrN2O3S. The maximum absolute atomic E-state index is 11.2. The monoisotopic (exact) mass is 340 g/mol. The van der Waals surface area contributed by atoms with Crippen LogP contribution in [0.1, 0.15) is 11.5 Å². The summed E-state index contributed by atoms with van der Waals surface area (Å²) in [6.07, 6.45) is 1.55. The number of carboxylic acid groups (broad SMARTS) is 1. The quantitative estimate of drug-likeness (QED) is 0.679. The smallest absolute Gasteiger partial charge is 0.342 e. The van der Waals surface area contributed by atoms with Crippen LogP contribution < -0.4 is 0 Å². The largest absolute Gasteiger partial charge is 0.477 e. The SMILES string of the molecule is Cc1nnc(S/C(=C\c2ccc(Br)cc2)C(=O)O)o1. The highest BCUT2D eigenvalue weighted by atomic mass is 79.9. The number of benzene rings is 1. The van der Waals surface area contributed by atoms with E-state index in [0.29, 0.717) is 5.89 Å². The number of hydrogen-bond acceptors (Lipinski definition) is 5. The lowest BCUT2D eigenvalue weighted by atomic mass is 10.2. The predicted molar refractivity (Wildman–Crippen MR) is 74.6 cm³/mol. The van der Waals surface area contributed by atoms with Crippen molar-refractivity contribution in [3.05, 3.63) is 45.1 Å². The van der Waals surface area contributed by atoms with E-state index in [1.165, 1.54) is 0 Å². The Morgan fingerprint density at radius 3 is 2.58 bits per heavy atom. The van der Waals surface area contributed by atoms with E-state index in [1.54, 1.807) is 13.0 Å². The second kappa shape index (κ2) is 6.03. The van der Waals surface area contributed by atoms with Gasteiger partial charge in [-0.15, -0.1) is 10.2 Å². The molecule has 0 aliphatic carbocycles. The normalized spacial score (nSPS) is 11.6. The molecule has 2 aromatic rings. The Morgan fingerprint density at radius 2 is 2.05 bits per heavy atom. The topological polar surface area (TPSA) is 76.2 Å². The van der Waals surface area contributed by atoms with Crippen LogP contribution in [0.4, 0.5) is 0 Å². The van der Waals surface area contributed by atoms with Crippen LogP contribution in [0, 0.1) is 6.92 Å². The van der Waals surface area contributed by atoms with Crippen molar-refractivity contribution in [1.29, 1.82) is 0 Å². The number of aromatic nitrogens is 2. The summed E-state index contributed by atoms with van der Waals surface area (Å²) in [4.78, 5) is 11.3. The standard InChI is InChI=1S/C12H9BrN2O3S/c1-7-14-15-12(18-7)19-10(11(16)17)6-8-2-4-9(13)5-3-8/h2-6H,1H3,(H,16,17)/b10-6-. The van der Waals surface area contributed by atoms with E-state index in [4.69, 9.17) is 9.52 Å². The van der Waals surface area contributed by atoms with Crippen LogP contribution in [-0.4, -0.2) is 21.3 Å². The molecule has 1 aromatic carbocycles. The van der Waals surface area contributed by atoms with Gasteiger partial charge in [-0.05, 0) is 35.5 Å². The van der Waals surface area contributed by atoms with Gasteiger partial charge in [-0.2, -0.15) is 0 Å². The van der Waals surface area contributed by atoms with Crippen LogP contribution in [-0.2, 0) is 4.79 Å². The molecule has 0 aliphatic heterocycles. The Hall–Kier alpha value is -1.60. The van der Waals surface area contributed by atoms with E-state index in [2.05, 4.69) is 26.1 Å². The first-order valence-corrected chi connectivity index (χ1v) is 6.84. The Balaban J connectivity index is 2.24. The van der Waals surface area contributed by atoms with Gasteiger partial charge in [-0.1, -0.05) is 28.1 Å². The maximum Gasteiger partial charge on any atom is 0.342 e. The molecule has 0 fully saturated rings. The molecule has 19 heavy (non-hydrogen) atoms. The van der Waals surface area contributed by atoms with Crippen molar-refractivity contribution in [3.8, 4) is 0 Å². The first kappa shape index (κ1) is 13.8. The minimum Gasteiger partial charge on any atom is -0.477 e. The molecule has 0 saturated heterocycles. The fraction of sp³-hybridized carbons (Fsp3) is 0.0833. The van der Waals surface area contributed by atoms with E-state index >= 15 is 0 Å². The number of carbonyl (C=O) groups is 1. The highest BCUT2D eigenvalue weighted by molar-refractivity contribution is 9.10. The zero-order chi connectivity index (χ0) is 13.8. The number of nitrogens with zero attached hydrogens (tertiary/aromatic N) is 2. The number of hydrogen-bond donors (Lipinski definition) is 1. The average Bonchev–Trinajstić information content (AvgIpc) is 2.76. The molecule has 1 heterocycles. The molecule has 1 N–H and O–H groups in total. The molecule has 0 radical (unpaired) electrons. The van der Waals surface area contributed by atoms with Gasteiger partial charge in [0.25, 0.3) is 5.22 Å². The van der Waals surface area contributed by atoms with Gasteiger partial charge in [-0.3, -0.25) is 0 Å². The van der Waals surface area contributed by atoms with Crippen LogP contribution >= 0.6 is 27.7 Å². The van der Waals surface area contributed by atoms with Crippen molar-refractivity contribution in [1.82, 2.24) is 10.2 Å². The van der Waals surface area contributed by atoms with Gasteiger partial charge >= 0.3 is 5.97 Å². The van der Waals surface area contributed by atoms with Crippen LogP contribution in [0.5, 0.6) is 0 Å². The summed E-state index contributed by atoms with van der Waals surface area (Å²) in [7, 11) is 0. The fourth-order valence-corrected chi connectivity index (χ4v) is 2.24. The highest BCUT2D eigenvalue weighted by Gasteiger charge is 2.14. The molecule has 0 bridgehead atoms. The summed E-state index contributed by atoms with van der Waals surface area (Å²) in [5.74, 6) is -0.639. The van der Waals surface area contributed by atoms with Crippen LogP contribution in [0.25, 0.3) is 6.08 Å². The van der Waals surface area contributed by atoms with Gasteiger partial charge in [-0.25, -0.2) is 4.79 Å². The molecule has 0 spiro atoms. The van der Waals surface area contributed by atoms with Gasteiger partial charge in [0.2, 0.25) is 5.89 Å². The van der Waals surface area contributed by atoms with Crippen molar-refractivity contribution in [2.24, 2.45) is 0 Å². The fourth-order valence-electron chi connectivity index (χ4n) is 1.26. The molecule has 1 aromatic heterocycles. The van der Waals surface area contributed by atoms with Crippen molar-refractivity contribution in [2.45, 2.75) is 12.1 Å². The van der Waals surface area contributed by atoms with Gasteiger partial charge in [0.1, 0.15) is 4.91 Å². The van der Waals surface area contributed by atoms with Crippen molar-refractivity contribution < 1.29 is 14.3 Å². The lowest BCUT2D eigenvalue weighted by Gasteiger charge is -1.99. The van der Waals surface area contributed by atoms with E-state index in [-0.39, 0.29) is 10.1 Å². The van der Waals surface area contributed by atoms with Gasteiger partial charge < -0.3 is 9.52 Å². The third kappa shape index (κ3) is 3.93. The Kier molecular flexibility index (Phi) is 4.39. The minimum atomic E-state index is -1.04. The average molecular weight is 341 g/mol. The Bertz CT molecular complexity index is 622. The predicted octanol–water partition coefficient (Wildman–Crippen LogP) is 3.36. The number of aryl methyl sites for hydroxylation is 1. The molecule has 0 aliphatic rings. The summed E-state index contributed by atoms with van der Waals surface area (Å²) < 4.78 is 6.08. The molecular weight excluding hydrogens is 332 g/mol. The number of rotatable bonds is 4. The summed E-state index contributed by atoms with van der Waals surface area (Å²) in [6, 6.07) is 7.30. The van der Waals surface area contributed by atoms with E-state index < -0.39 is 5.97 Å². The van der Waals surface area contributed by atoms with E-state index in [9.17, 15) is 4.79 Å². The molecule has 98 valence electrons. The Labute approximate surface area is 121 Å². The van der Waals surface area contributed by atoms with Crippen LogP contribution in [0.2, 0.25) is 0 Å². The highest BCUT2D eigenvalue weighted by Crippen LogP contribution is 2.27. The zero-order valence-electron chi connectivity index (χ0n) is 9.83. The second-order valence-corrected chi connectivity index (χ2v) is 5.46. The summed E-state index contributed by atoms with van der Waals surface area (Å²) in [5, 5.41) is 16.8. The van der Waals surface area contributed by atoms with Crippen LogP contribution in [0.3, 0.4) is 0 Å². The van der Waals surface area contributed by atoms with Crippen LogP contribution in [0.15, 0.2) is 43.3 Å². The number of aliphatic carboxylic acids is 1. The Morgan fingerprint density at radius 1 is 1.37 bits per heavy atom. The third-order valence-corrected chi connectivity index (χ3v) is 3.46. The molecule has 7 heteroatoms. The molecule has 0 saturated carbocycles. The van der Waals surface area contributed by atoms with Gasteiger partial charge in [0.05, 0.1) is 0 Å². The molecule has 2 rings (SSSR count). The van der Waals surface area contributed by atoms with Gasteiger partial charge in [0.15, 0.2) is 0 Å². The van der Waals surface area contributed by atoms with E-state index in [0.717, 1.165) is 21.8 Å².